The Morgan fingerprint density at radius 1 is 2.00 bits per heavy atom. The second kappa shape index (κ2) is 1.94. The summed E-state index contributed by atoms with van der Waals surface area (Å²) in [7, 11) is 0. The molecule has 1 aliphatic rings. The molecule has 0 aromatic heterocycles. The fourth-order valence-electron chi connectivity index (χ4n) is 0.472. The topological polar surface area (TPSA) is 67.5 Å². The highest BCUT2D eigenvalue weighted by Gasteiger charge is 2.41. The van der Waals surface area contributed by atoms with Crippen LogP contribution in [0.3, 0.4) is 0 Å². The summed E-state index contributed by atoms with van der Waals surface area (Å²) in [4.78, 5) is 9.68. The summed E-state index contributed by atoms with van der Waals surface area (Å²) in [5.41, 5.74) is 2.32. The van der Waals surface area contributed by atoms with E-state index < -0.39 is 9.50 Å². The molecule has 9 heavy (non-hydrogen) atoms. The smallest absolute Gasteiger partial charge is 0.261 e. The fourth-order valence-corrected chi connectivity index (χ4v) is 0.719. The molecular weight excluding hydrogens is 190 g/mol. The van der Waals surface area contributed by atoms with Crippen molar-refractivity contribution in [3.63, 3.8) is 0 Å². The molecule has 6 heteroatoms. The Morgan fingerprint density at radius 3 is 2.89 bits per heavy atom. The third-order valence-electron chi connectivity index (χ3n) is 0.978. The molecule has 1 aliphatic heterocycles. The Labute approximate surface area is 59.4 Å². The van der Waals surface area contributed by atoms with E-state index in [2.05, 4.69) is 26.5 Å². The summed E-state index contributed by atoms with van der Waals surface area (Å²) < 4.78 is -1.24. The molecule has 0 aliphatic carbocycles. The summed E-state index contributed by atoms with van der Waals surface area (Å²) in [6.07, 6.45) is 1.73. The molecule has 5 nitrogen and oxygen atoms in total. The van der Waals surface area contributed by atoms with E-state index in [1.165, 1.54) is 6.21 Å². The monoisotopic (exact) mass is 193 g/mol. The third kappa shape index (κ3) is 1.02. The minimum Gasteiger partial charge on any atom is -0.261 e. The largest absolute Gasteiger partial charge is 0.367 e. The van der Waals surface area contributed by atoms with Crippen LogP contribution in [-0.2, 0) is 0 Å². The molecule has 0 fully saturated rings. The molecule has 1 rings (SSSR count). The maximum atomic E-state index is 10.1. The van der Waals surface area contributed by atoms with Crippen molar-refractivity contribution in [2.24, 2.45) is 5.10 Å². The molecule has 0 saturated heterocycles. The quantitative estimate of drug-likeness (QED) is 0.282. The van der Waals surface area contributed by atoms with E-state index in [9.17, 15) is 10.1 Å². The molecule has 1 atom stereocenters. The van der Waals surface area contributed by atoms with E-state index >= 15 is 0 Å². The Hall–Kier alpha value is -0.650. The number of nitro groups is 1. The molecule has 1 unspecified atom stereocenters. The summed E-state index contributed by atoms with van der Waals surface area (Å²) in [6.45, 7) is 0. The molecule has 50 valence electrons. The highest BCUT2D eigenvalue weighted by atomic mass is 79.9. The van der Waals surface area contributed by atoms with Gasteiger partial charge in [0.05, 0.1) is 11.3 Å². The Kier molecular flexibility index (Phi) is 1.40. The predicted octanol–water partition coefficient (Wildman–Crippen LogP) is 0.291. The summed E-state index contributed by atoms with van der Waals surface area (Å²) in [5, 5.41) is 13.6. The fraction of sp³-hybridized carbons (Fsp3) is 0.667. The van der Waals surface area contributed by atoms with Crippen molar-refractivity contribution in [3.05, 3.63) is 10.1 Å². The minimum absolute atomic E-state index is 0.278. The molecule has 1 heterocycles. The lowest BCUT2D eigenvalue weighted by molar-refractivity contribution is -0.539. The zero-order chi connectivity index (χ0) is 6.91. The number of rotatable bonds is 1. The van der Waals surface area contributed by atoms with Gasteiger partial charge in [0.15, 0.2) is 0 Å². The molecule has 0 amide bonds. The number of hydrogen-bond donors (Lipinski definition) is 1. The number of hydrogen-bond acceptors (Lipinski definition) is 4. The first-order valence-corrected chi connectivity index (χ1v) is 3.06. The highest BCUT2D eigenvalue weighted by Crippen LogP contribution is 2.21. The van der Waals surface area contributed by atoms with Gasteiger partial charge in [-0.25, -0.2) is 5.43 Å². The molecular formula is C3H4BrN3O2. The van der Waals surface area contributed by atoms with E-state index in [-0.39, 0.29) is 6.42 Å². The van der Waals surface area contributed by atoms with Gasteiger partial charge in [-0.05, 0) is 0 Å². The Balaban J connectivity index is 2.66. The van der Waals surface area contributed by atoms with Crippen molar-refractivity contribution in [2.45, 2.75) is 11.0 Å². The third-order valence-corrected chi connectivity index (χ3v) is 1.77. The van der Waals surface area contributed by atoms with Gasteiger partial charge in [-0.15, -0.1) is 0 Å². The van der Waals surface area contributed by atoms with Crippen LogP contribution >= 0.6 is 15.9 Å². The number of halogens is 1. The lowest BCUT2D eigenvalue weighted by Crippen LogP contribution is -2.39. The van der Waals surface area contributed by atoms with Crippen molar-refractivity contribution >= 4 is 22.1 Å². The van der Waals surface area contributed by atoms with Crippen LogP contribution in [0.2, 0.25) is 0 Å². The van der Waals surface area contributed by atoms with Gasteiger partial charge >= 0.3 is 4.57 Å². The van der Waals surface area contributed by atoms with E-state index in [4.69, 9.17) is 0 Å². The van der Waals surface area contributed by atoms with Gasteiger partial charge < -0.3 is 0 Å². The first-order valence-electron chi connectivity index (χ1n) is 2.27. The zero-order valence-corrected chi connectivity index (χ0v) is 5.96. The van der Waals surface area contributed by atoms with Gasteiger partial charge in [-0.1, -0.05) is 0 Å². The van der Waals surface area contributed by atoms with E-state index in [0.717, 1.165) is 0 Å². The van der Waals surface area contributed by atoms with Gasteiger partial charge in [0, 0.05) is 22.1 Å². The van der Waals surface area contributed by atoms with Crippen LogP contribution in [0.5, 0.6) is 0 Å². The van der Waals surface area contributed by atoms with Gasteiger partial charge in [0.2, 0.25) is 0 Å². The number of hydrazone groups is 1. The average Bonchev–Trinajstić information content (AvgIpc) is 2.16. The summed E-state index contributed by atoms with van der Waals surface area (Å²) >= 11 is 2.88. The van der Waals surface area contributed by atoms with Crippen molar-refractivity contribution in [3.8, 4) is 0 Å². The van der Waals surface area contributed by atoms with Gasteiger partial charge in [0.1, 0.15) is 0 Å². The first kappa shape index (κ1) is 6.47. The average molecular weight is 194 g/mol. The van der Waals surface area contributed by atoms with Crippen molar-refractivity contribution in [1.82, 2.24) is 5.43 Å². The molecule has 0 aromatic carbocycles. The standard InChI is InChI=1S/C3H4BrN3O2/c4-3(7(8)9)1-2-5-6-3/h2,6H,1H2. The van der Waals surface area contributed by atoms with Crippen molar-refractivity contribution < 1.29 is 4.92 Å². The van der Waals surface area contributed by atoms with Crippen LogP contribution < -0.4 is 5.43 Å². The highest BCUT2D eigenvalue weighted by molar-refractivity contribution is 9.10. The lowest BCUT2D eigenvalue weighted by atomic mass is 10.4. The number of alkyl halides is 1. The van der Waals surface area contributed by atoms with E-state index in [1.54, 1.807) is 0 Å². The van der Waals surface area contributed by atoms with Crippen LogP contribution in [0, 0.1) is 10.1 Å². The minimum atomic E-state index is -1.24. The van der Waals surface area contributed by atoms with Crippen molar-refractivity contribution in [1.29, 1.82) is 0 Å². The first-order chi connectivity index (χ1) is 4.15. The van der Waals surface area contributed by atoms with Crippen LogP contribution in [0.15, 0.2) is 5.10 Å². The van der Waals surface area contributed by atoms with Crippen LogP contribution in [0.4, 0.5) is 0 Å². The second-order valence-electron chi connectivity index (χ2n) is 1.64. The van der Waals surface area contributed by atoms with Crippen LogP contribution in [0.1, 0.15) is 6.42 Å². The van der Waals surface area contributed by atoms with E-state index in [1.807, 2.05) is 0 Å². The maximum Gasteiger partial charge on any atom is 0.367 e. The maximum absolute atomic E-state index is 10.1. The molecule has 0 radical (unpaired) electrons. The van der Waals surface area contributed by atoms with Gasteiger partial charge in [0.25, 0.3) is 0 Å². The Bertz CT molecular complexity index is 160. The number of nitrogens with zero attached hydrogens (tertiary/aromatic N) is 2. The molecule has 0 saturated carbocycles. The van der Waals surface area contributed by atoms with Gasteiger partial charge in [-0.2, -0.15) is 5.10 Å². The molecule has 0 bridgehead atoms. The lowest BCUT2D eigenvalue weighted by Gasteiger charge is -2.09. The Morgan fingerprint density at radius 2 is 2.67 bits per heavy atom. The van der Waals surface area contributed by atoms with Crippen molar-refractivity contribution in [2.75, 3.05) is 0 Å². The normalized spacial score (nSPS) is 32.1. The summed E-state index contributed by atoms with van der Waals surface area (Å²) in [5.74, 6) is 0. The predicted molar refractivity (Wildman–Crippen MR) is 34.9 cm³/mol. The van der Waals surface area contributed by atoms with Crippen LogP contribution in [0.25, 0.3) is 0 Å². The summed E-state index contributed by atoms with van der Waals surface area (Å²) in [6, 6.07) is 0. The molecule has 0 spiro atoms. The number of nitrogens with one attached hydrogen (secondary N) is 1. The molecule has 1 N–H and O–H groups in total. The zero-order valence-electron chi connectivity index (χ0n) is 4.37. The van der Waals surface area contributed by atoms with E-state index in [0.29, 0.717) is 0 Å². The second-order valence-corrected chi connectivity index (χ2v) is 2.96. The van der Waals surface area contributed by atoms with Gasteiger partial charge in [-0.3, -0.25) is 10.1 Å². The van der Waals surface area contributed by atoms with Crippen LogP contribution in [-0.4, -0.2) is 15.7 Å². The SMILES string of the molecule is O=[N+]([O-])C1(Br)CC=NN1. The molecule has 0 aromatic rings.